The molecule has 172 valence electrons. The Morgan fingerprint density at radius 3 is 2.79 bits per heavy atom. The van der Waals surface area contributed by atoms with Crippen LogP contribution in [0.3, 0.4) is 0 Å². The summed E-state index contributed by atoms with van der Waals surface area (Å²) >= 11 is 3.07. The Labute approximate surface area is 201 Å². The van der Waals surface area contributed by atoms with E-state index in [2.05, 4.69) is 9.97 Å². The second-order valence-electron chi connectivity index (χ2n) is 7.26. The van der Waals surface area contributed by atoms with Crippen LogP contribution in [0.15, 0.2) is 58.0 Å². The normalized spacial score (nSPS) is 15.4. The predicted molar refractivity (Wildman–Crippen MR) is 131 cm³/mol. The van der Waals surface area contributed by atoms with Gasteiger partial charge in [0.05, 0.1) is 17.8 Å². The zero-order valence-electron chi connectivity index (χ0n) is 18.3. The summed E-state index contributed by atoms with van der Waals surface area (Å²) in [6.07, 6.45) is 5.36. The van der Waals surface area contributed by atoms with Crippen LogP contribution in [0.1, 0.15) is 16.1 Å². The lowest BCUT2D eigenvalue weighted by molar-refractivity contribution is 0.0830. The minimum Gasteiger partial charge on any atom is -0.495 e. The minimum atomic E-state index is -3.78. The van der Waals surface area contributed by atoms with E-state index in [1.54, 1.807) is 35.1 Å². The van der Waals surface area contributed by atoms with Crippen molar-refractivity contribution >= 4 is 45.1 Å². The number of amides is 1. The van der Waals surface area contributed by atoms with Crippen molar-refractivity contribution in [3.63, 3.8) is 0 Å². The minimum absolute atomic E-state index is 0.0427. The zero-order chi connectivity index (χ0) is 23.6. The van der Waals surface area contributed by atoms with Crippen LogP contribution in [-0.2, 0) is 10.0 Å². The van der Waals surface area contributed by atoms with Crippen LogP contribution >= 0.6 is 23.1 Å². The maximum Gasteiger partial charge on any atom is 0.258 e. The molecule has 0 bridgehead atoms. The summed E-state index contributed by atoms with van der Waals surface area (Å²) in [7, 11) is 0.498. The summed E-state index contributed by atoms with van der Waals surface area (Å²) < 4.78 is 31.8. The fourth-order valence-corrected chi connectivity index (χ4v) is 6.08. The number of hydrogen-bond acceptors (Lipinski definition) is 8. The highest BCUT2D eigenvalue weighted by Gasteiger charge is 2.29. The van der Waals surface area contributed by atoms with E-state index in [-0.39, 0.29) is 22.1 Å². The van der Waals surface area contributed by atoms with Crippen molar-refractivity contribution in [1.29, 1.82) is 0 Å². The number of carbonyl (C=O) groups is 1. The molecule has 3 heterocycles. The first kappa shape index (κ1) is 23.4. The van der Waals surface area contributed by atoms with Crippen LogP contribution in [0.25, 0.3) is 16.6 Å². The molecule has 8 nitrogen and oxygen atoms in total. The highest BCUT2D eigenvalue weighted by Crippen LogP contribution is 2.34. The van der Waals surface area contributed by atoms with Crippen molar-refractivity contribution in [2.75, 3.05) is 33.5 Å². The second-order valence-corrected chi connectivity index (χ2v) is 11.4. The van der Waals surface area contributed by atoms with E-state index in [1.165, 1.54) is 44.7 Å². The van der Waals surface area contributed by atoms with Gasteiger partial charge in [-0.05, 0) is 36.4 Å². The molecule has 0 atom stereocenters. The van der Waals surface area contributed by atoms with E-state index in [0.29, 0.717) is 6.54 Å². The molecule has 1 aromatic carbocycles. The van der Waals surface area contributed by atoms with E-state index in [1.807, 2.05) is 23.6 Å². The van der Waals surface area contributed by atoms with E-state index in [9.17, 15) is 13.2 Å². The molecular formula is C22H22N4O4S3. The third-order valence-corrected chi connectivity index (χ3v) is 8.71. The lowest BCUT2D eigenvalue weighted by Crippen LogP contribution is -2.27. The monoisotopic (exact) mass is 502 g/mol. The van der Waals surface area contributed by atoms with Gasteiger partial charge in [0.2, 0.25) is 10.0 Å². The molecule has 1 amide bonds. The summed E-state index contributed by atoms with van der Waals surface area (Å²) in [5.41, 5.74) is 1.97. The largest absolute Gasteiger partial charge is 0.495 e. The molecule has 0 radical (unpaired) electrons. The smallest absolute Gasteiger partial charge is 0.258 e. The Kier molecular flexibility index (Phi) is 6.84. The van der Waals surface area contributed by atoms with Crippen LogP contribution in [0, 0.1) is 0 Å². The first-order valence-corrected chi connectivity index (χ1v) is 13.2. The molecule has 33 heavy (non-hydrogen) atoms. The maximum absolute atomic E-state index is 13.3. The van der Waals surface area contributed by atoms with Gasteiger partial charge in [0.1, 0.15) is 15.7 Å². The van der Waals surface area contributed by atoms with Crippen molar-refractivity contribution in [3.05, 3.63) is 64.4 Å². The maximum atomic E-state index is 13.3. The first-order chi connectivity index (χ1) is 15.8. The third kappa shape index (κ3) is 4.81. The number of ether oxygens (including phenoxy) is 1. The molecular weight excluding hydrogens is 480 g/mol. The van der Waals surface area contributed by atoms with Crippen LogP contribution in [0.5, 0.6) is 5.75 Å². The number of rotatable bonds is 6. The van der Waals surface area contributed by atoms with Gasteiger partial charge in [-0.1, -0.05) is 0 Å². The summed E-state index contributed by atoms with van der Waals surface area (Å²) in [5, 5.41) is 3.56. The van der Waals surface area contributed by atoms with Gasteiger partial charge in [-0.3, -0.25) is 9.78 Å². The van der Waals surface area contributed by atoms with Crippen molar-refractivity contribution in [1.82, 2.24) is 19.2 Å². The van der Waals surface area contributed by atoms with Crippen molar-refractivity contribution in [3.8, 4) is 16.3 Å². The standard InChI is InChI=1S/C22H22N4O4S3/c1-25(2)33(28,29)19-11-15(6-7-18(19)30-3)22(27)26-9-10-31-20(26)12-17-14-32-21(24-17)16-5-4-8-23-13-16/h4-8,11-14H,9-10H2,1-3H3/b20-12+. The quantitative estimate of drug-likeness (QED) is 0.508. The van der Waals surface area contributed by atoms with Gasteiger partial charge in [-0.15, -0.1) is 23.1 Å². The molecule has 1 fully saturated rings. The molecule has 11 heteroatoms. The Balaban J connectivity index is 1.63. The molecule has 1 saturated heterocycles. The van der Waals surface area contributed by atoms with Gasteiger partial charge in [0.15, 0.2) is 0 Å². The number of sulfonamides is 1. The molecule has 0 saturated carbocycles. The topological polar surface area (TPSA) is 92.7 Å². The van der Waals surface area contributed by atoms with Gasteiger partial charge >= 0.3 is 0 Å². The molecule has 1 aliphatic heterocycles. The summed E-state index contributed by atoms with van der Waals surface area (Å²) in [5.74, 6) is 0.667. The highest BCUT2D eigenvalue weighted by molar-refractivity contribution is 8.03. The van der Waals surface area contributed by atoms with E-state index in [4.69, 9.17) is 4.74 Å². The zero-order valence-corrected chi connectivity index (χ0v) is 20.7. The number of thiazole rings is 1. The summed E-state index contributed by atoms with van der Waals surface area (Å²) in [6, 6.07) is 8.28. The number of nitrogens with zero attached hydrogens (tertiary/aromatic N) is 4. The summed E-state index contributed by atoms with van der Waals surface area (Å²) in [6.45, 7) is 0.525. The molecule has 0 aliphatic carbocycles. The number of hydrogen-bond donors (Lipinski definition) is 0. The third-order valence-electron chi connectivity index (χ3n) is 4.95. The number of carbonyl (C=O) groups excluding carboxylic acids is 1. The average molecular weight is 503 g/mol. The lowest BCUT2D eigenvalue weighted by Gasteiger charge is -2.19. The molecule has 0 spiro atoms. The number of thioether (sulfide) groups is 1. The van der Waals surface area contributed by atoms with Crippen LogP contribution < -0.4 is 4.74 Å². The van der Waals surface area contributed by atoms with E-state index in [0.717, 1.165) is 31.4 Å². The van der Waals surface area contributed by atoms with E-state index < -0.39 is 10.0 Å². The fraction of sp³-hybridized carbons (Fsp3) is 0.227. The Morgan fingerprint density at radius 2 is 2.09 bits per heavy atom. The Bertz CT molecular complexity index is 1300. The summed E-state index contributed by atoms with van der Waals surface area (Å²) in [4.78, 5) is 23.7. The van der Waals surface area contributed by atoms with Crippen LogP contribution in [-0.4, -0.2) is 67.0 Å². The van der Waals surface area contributed by atoms with E-state index >= 15 is 0 Å². The molecule has 0 unspecified atom stereocenters. The second kappa shape index (κ2) is 9.64. The number of benzene rings is 1. The first-order valence-electron chi connectivity index (χ1n) is 9.94. The highest BCUT2D eigenvalue weighted by atomic mass is 32.2. The van der Waals surface area contributed by atoms with Gasteiger partial charge in [0.25, 0.3) is 5.91 Å². The van der Waals surface area contributed by atoms with Gasteiger partial charge < -0.3 is 9.64 Å². The molecule has 3 aromatic rings. The number of methoxy groups -OCH3 is 1. The van der Waals surface area contributed by atoms with Gasteiger partial charge in [-0.2, -0.15) is 0 Å². The van der Waals surface area contributed by atoms with Crippen molar-refractivity contribution < 1.29 is 17.9 Å². The lowest BCUT2D eigenvalue weighted by atomic mass is 10.2. The average Bonchev–Trinajstić information content (AvgIpc) is 3.48. The Hall–Kier alpha value is -2.73. The van der Waals surface area contributed by atoms with Crippen molar-refractivity contribution in [2.24, 2.45) is 0 Å². The fourth-order valence-electron chi connectivity index (χ4n) is 3.22. The molecule has 1 aliphatic rings. The number of aromatic nitrogens is 2. The Morgan fingerprint density at radius 1 is 1.27 bits per heavy atom. The van der Waals surface area contributed by atoms with Crippen molar-refractivity contribution in [2.45, 2.75) is 4.90 Å². The van der Waals surface area contributed by atoms with Gasteiger partial charge in [0, 0.05) is 55.3 Å². The number of pyridine rings is 1. The molecule has 2 aromatic heterocycles. The SMILES string of the molecule is COc1ccc(C(=O)N2CCS/C2=C/c2csc(-c3cccnc3)n2)cc1S(=O)(=O)N(C)C. The predicted octanol–water partition coefficient (Wildman–Crippen LogP) is 3.65. The molecule has 0 N–H and O–H groups in total. The van der Waals surface area contributed by atoms with Crippen LogP contribution in [0.2, 0.25) is 0 Å². The van der Waals surface area contributed by atoms with Crippen LogP contribution in [0.4, 0.5) is 0 Å². The molecule has 4 rings (SSSR count). The van der Waals surface area contributed by atoms with Gasteiger partial charge in [-0.25, -0.2) is 17.7 Å².